The Morgan fingerprint density at radius 2 is 2.12 bits per heavy atom. The van der Waals surface area contributed by atoms with Gasteiger partial charge in [-0.1, -0.05) is 33.8 Å². The van der Waals surface area contributed by atoms with E-state index in [4.69, 9.17) is 5.41 Å². The molecule has 0 radical (unpaired) electrons. The monoisotopic (exact) mass is 338 g/mol. The molecular weight excluding hydrogens is 316 g/mol. The first-order valence-corrected chi connectivity index (χ1v) is 9.12. The van der Waals surface area contributed by atoms with Gasteiger partial charge in [0, 0.05) is 40.7 Å². The van der Waals surface area contributed by atoms with Crippen molar-refractivity contribution in [1.29, 1.82) is 10.7 Å². The minimum atomic E-state index is -0.00509. The molecular formula is C19H22N4S. The topological polar surface area (TPSA) is 65.5 Å². The van der Waals surface area contributed by atoms with E-state index in [-0.39, 0.29) is 5.41 Å². The molecule has 24 heavy (non-hydrogen) atoms. The zero-order chi connectivity index (χ0) is 17.5. The first-order chi connectivity index (χ1) is 11.3. The molecule has 0 spiro atoms. The molecule has 3 heterocycles. The van der Waals surface area contributed by atoms with Gasteiger partial charge in [0.15, 0.2) is 0 Å². The maximum Gasteiger partial charge on any atom is 0.144 e. The average Bonchev–Trinajstić information content (AvgIpc) is 2.54. The van der Waals surface area contributed by atoms with E-state index in [1.807, 2.05) is 29.0 Å². The van der Waals surface area contributed by atoms with E-state index in [9.17, 15) is 5.26 Å². The molecule has 3 rings (SSSR count). The highest BCUT2D eigenvalue weighted by atomic mass is 32.2. The van der Waals surface area contributed by atoms with E-state index in [0.29, 0.717) is 17.0 Å². The van der Waals surface area contributed by atoms with Crippen molar-refractivity contribution in [2.75, 3.05) is 5.75 Å². The Kier molecular flexibility index (Phi) is 4.27. The SMILES string of the molecule is CC1CSc2cc(-c3ccc(C(C)(C)C)nc3)c(C#N)c(=N)n2C1. The van der Waals surface area contributed by atoms with Gasteiger partial charge in [-0.05, 0) is 18.1 Å². The maximum atomic E-state index is 9.60. The molecule has 1 atom stereocenters. The van der Waals surface area contributed by atoms with Crippen molar-refractivity contribution in [3.05, 3.63) is 41.1 Å². The van der Waals surface area contributed by atoms with E-state index in [1.165, 1.54) is 0 Å². The van der Waals surface area contributed by atoms with Gasteiger partial charge in [0.25, 0.3) is 0 Å². The minimum absolute atomic E-state index is 0.00509. The van der Waals surface area contributed by atoms with Gasteiger partial charge in [0.2, 0.25) is 0 Å². The second-order valence-electron chi connectivity index (χ2n) is 7.44. The lowest BCUT2D eigenvalue weighted by Gasteiger charge is -2.25. The van der Waals surface area contributed by atoms with Crippen LogP contribution in [0.5, 0.6) is 0 Å². The largest absolute Gasteiger partial charge is 0.320 e. The number of nitrogens with zero attached hydrogens (tertiary/aromatic N) is 3. The zero-order valence-electron chi connectivity index (χ0n) is 14.6. The van der Waals surface area contributed by atoms with Crippen molar-refractivity contribution in [1.82, 2.24) is 9.55 Å². The molecule has 0 aliphatic carbocycles. The summed E-state index contributed by atoms with van der Waals surface area (Å²) in [6, 6.07) is 8.30. The van der Waals surface area contributed by atoms with Crippen LogP contribution in [0.15, 0.2) is 29.4 Å². The lowest BCUT2D eigenvalue weighted by atomic mass is 9.91. The fourth-order valence-electron chi connectivity index (χ4n) is 2.88. The summed E-state index contributed by atoms with van der Waals surface area (Å²) in [5.74, 6) is 1.56. The predicted molar refractivity (Wildman–Crippen MR) is 96.8 cm³/mol. The highest BCUT2D eigenvalue weighted by Gasteiger charge is 2.21. The van der Waals surface area contributed by atoms with Crippen LogP contribution in [0, 0.1) is 22.7 Å². The zero-order valence-corrected chi connectivity index (χ0v) is 15.4. The third-order valence-electron chi connectivity index (χ3n) is 4.27. The molecule has 1 aliphatic heterocycles. The fourth-order valence-corrected chi connectivity index (χ4v) is 3.96. The molecule has 5 heteroatoms. The first-order valence-electron chi connectivity index (χ1n) is 8.13. The Labute approximate surface area is 147 Å². The van der Waals surface area contributed by atoms with Crippen molar-refractivity contribution in [2.24, 2.45) is 5.92 Å². The lowest BCUT2D eigenvalue weighted by Crippen LogP contribution is -2.31. The Bertz CT molecular complexity index is 866. The highest BCUT2D eigenvalue weighted by Crippen LogP contribution is 2.32. The standard InChI is InChI=1S/C19H22N4S/c1-12-10-23-17(24-11-12)7-14(15(8-20)18(23)21)13-5-6-16(22-9-13)19(2,3)4/h5-7,9,12,21H,10-11H2,1-4H3. The van der Waals surface area contributed by atoms with Crippen LogP contribution in [0.3, 0.4) is 0 Å². The van der Waals surface area contributed by atoms with Crippen molar-refractivity contribution in [3.8, 4) is 17.2 Å². The molecule has 0 bridgehead atoms. The third-order valence-corrected chi connectivity index (χ3v) is 5.64. The lowest BCUT2D eigenvalue weighted by molar-refractivity contribution is 0.467. The maximum absolute atomic E-state index is 9.60. The summed E-state index contributed by atoms with van der Waals surface area (Å²) in [6.07, 6.45) is 1.82. The molecule has 0 aromatic carbocycles. The molecule has 0 saturated heterocycles. The molecule has 0 saturated carbocycles. The van der Waals surface area contributed by atoms with E-state index in [1.54, 1.807) is 11.8 Å². The normalized spacial score (nSPS) is 17.2. The highest BCUT2D eigenvalue weighted by molar-refractivity contribution is 7.99. The van der Waals surface area contributed by atoms with Crippen LogP contribution >= 0.6 is 11.8 Å². The van der Waals surface area contributed by atoms with Crippen LogP contribution in [0.4, 0.5) is 0 Å². The number of hydrogen-bond donors (Lipinski definition) is 1. The van der Waals surface area contributed by atoms with Gasteiger partial charge < -0.3 is 4.57 Å². The number of aromatic nitrogens is 2. The third kappa shape index (κ3) is 2.99. The first kappa shape index (κ1) is 16.8. The molecule has 124 valence electrons. The van der Waals surface area contributed by atoms with Gasteiger partial charge in [-0.3, -0.25) is 10.4 Å². The second kappa shape index (κ2) is 6.10. The molecule has 0 amide bonds. The van der Waals surface area contributed by atoms with Gasteiger partial charge in [0.05, 0.1) is 5.03 Å². The van der Waals surface area contributed by atoms with Crippen molar-refractivity contribution < 1.29 is 0 Å². The van der Waals surface area contributed by atoms with Crippen LogP contribution in [0.25, 0.3) is 11.1 Å². The van der Waals surface area contributed by atoms with E-state index in [0.717, 1.165) is 34.1 Å². The molecule has 2 aromatic rings. The van der Waals surface area contributed by atoms with Gasteiger partial charge >= 0.3 is 0 Å². The Morgan fingerprint density at radius 1 is 1.38 bits per heavy atom. The molecule has 4 nitrogen and oxygen atoms in total. The van der Waals surface area contributed by atoms with Gasteiger partial charge in [-0.15, -0.1) is 11.8 Å². The van der Waals surface area contributed by atoms with Gasteiger partial charge in [-0.25, -0.2) is 0 Å². The summed E-state index contributed by atoms with van der Waals surface area (Å²) in [5, 5.41) is 19.1. The van der Waals surface area contributed by atoms with Crippen LogP contribution in [0.2, 0.25) is 0 Å². The quantitative estimate of drug-likeness (QED) is 0.856. The number of fused-ring (bicyclic) bond motifs is 1. The molecule has 1 aliphatic rings. The average molecular weight is 338 g/mol. The Hall–Kier alpha value is -2.06. The number of nitrogens with one attached hydrogen (secondary N) is 1. The summed E-state index contributed by atoms with van der Waals surface area (Å²) in [7, 11) is 0. The second-order valence-corrected chi connectivity index (χ2v) is 8.48. The summed E-state index contributed by atoms with van der Waals surface area (Å²) in [6.45, 7) is 9.37. The Balaban J connectivity index is 2.14. The van der Waals surface area contributed by atoms with Crippen LogP contribution in [0.1, 0.15) is 39.0 Å². The number of thioether (sulfide) groups is 1. The van der Waals surface area contributed by atoms with Crippen LogP contribution < -0.4 is 5.49 Å². The predicted octanol–water partition coefficient (Wildman–Crippen LogP) is 3.94. The molecule has 0 fully saturated rings. The summed E-state index contributed by atoms with van der Waals surface area (Å²) >= 11 is 1.76. The van der Waals surface area contributed by atoms with Crippen molar-refractivity contribution >= 4 is 11.8 Å². The number of hydrogen-bond acceptors (Lipinski definition) is 4. The minimum Gasteiger partial charge on any atom is -0.320 e. The summed E-state index contributed by atoms with van der Waals surface area (Å²) < 4.78 is 1.96. The van der Waals surface area contributed by atoms with E-state index in [2.05, 4.69) is 38.7 Å². The van der Waals surface area contributed by atoms with Gasteiger partial charge in [0.1, 0.15) is 17.1 Å². The van der Waals surface area contributed by atoms with E-state index < -0.39 is 0 Å². The number of rotatable bonds is 1. The summed E-state index contributed by atoms with van der Waals surface area (Å²) in [4.78, 5) is 4.57. The van der Waals surface area contributed by atoms with Crippen molar-refractivity contribution in [3.63, 3.8) is 0 Å². The van der Waals surface area contributed by atoms with Gasteiger partial charge in [-0.2, -0.15) is 5.26 Å². The molecule has 2 aromatic heterocycles. The van der Waals surface area contributed by atoms with Crippen LogP contribution in [-0.4, -0.2) is 15.3 Å². The number of pyridine rings is 2. The van der Waals surface area contributed by atoms with Crippen LogP contribution in [-0.2, 0) is 12.0 Å². The van der Waals surface area contributed by atoms with Crippen molar-refractivity contribution in [2.45, 2.75) is 44.7 Å². The Morgan fingerprint density at radius 3 is 2.71 bits per heavy atom. The molecule has 1 N–H and O–H groups in total. The van der Waals surface area contributed by atoms with E-state index >= 15 is 0 Å². The smallest absolute Gasteiger partial charge is 0.144 e. The number of nitriles is 1. The summed E-state index contributed by atoms with van der Waals surface area (Å²) in [5.41, 5.74) is 3.46. The fraction of sp³-hybridized carbons (Fsp3) is 0.421. The molecule has 1 unspecified atom stereocenters.